The van der Waals surface area contributed by atoms with E-state index >= 15 is 0 Å². The largest absolute Gasteiger partial charge is 0.354 e. The van der Waals surface area contributed by atoms with Crippen LogP contribution in [0.25, 0.3) is 0 Å². The predicted molar refractivity (Wildman–Crippen MR) is 126 cm³/mol. The lowest BCUT2D eigenvalue weighted by atomic mass is 10.0. The van der Waals surface area contributed by atoms with E-state index < -0.39 is 11.9 Å². The molecule has 0 aliphatic heterocycles. The molecular formula is C23H25ClN4O2S. The lowest BCUT2D eigenvalue weighted by Crippen LogP contribution is -2.48. The Morgan fingerprint density at radius 2 is 1.77 bits per heavy atom. The van der Waals surface area contributed by atoms with Gasteiger partial charge < -0.3 is 16.0 Å². The topological polar surface area (TPSA) is 83.1 Å². The van der Waals surface area contributed by atoms with Crippen molar-refractivity contribution in [2.45, 2.75) is 26.3 Å². The molecule has 0 radical (unpaired) electrons. The van der Waals surface area contributed by atoms with E-state index in [4.69, 9.17) is 11.6 Å². The summed E-state index contributed by atoms with van der Waals surface area (Å²) in [5.41, 5.74) is 1.92. The van der Waals surface area contributed by atoms with E-state index in [1.165, 1.54) is 11.3 Å². The molecule has 162 valence electrons. The number of carbonyl (C=O) groups is 2. The van der Waals surface area contributed by atoms with Gasteiger partial charge in [0.1, 0.15) is 11.7 Å². The summed E-state index contributed by atoms with van der Waals surface area (Å²) in [4.78, 5) is 29.9. The van der Waals surface area contributed by atoms with Crippen molar-refractivity contribution in [1.29, 1.82) is 0 Å². The minimum atomic E-state index is -0.699. The van der Waals surface area contributed by atoms with Crippen molar-refractivity contribution in [3.63, 3.8) is 0 Å². The zero-order chi connectivity index (χ0) is 22.2. The third kappa shape index (κ3) is 6.80. The van der Waals surface area contributed by atoms with Gasteiger partial charge >= 0.3 is 0 Å². The molecule has 0 spiro atoms. The summed E-state index contributed by atoms with van der Waals surface area (Å²) in [6.07, 6.45) is 0.394. The molecule has 1 unspecified atom stereocenters. The number of thiazole rings is 1. The van der Waals surface area contributed by atoms with Crippen LogP contribution in [0.3, 0.4) is 0 Å². The predicted octanol–water partition coefficient (Wildman–Crippen LogP) is 4.65. The van der Waals surface area contributed by atoms with E-state index in [9.17, 15) is 9.59 Å². The second kappa shape index (κ2) is 10.9. The van der Waals surface area contributed by atoms with E-state index in [1.54, 1.807) is 11.4 Å². The first-order chi connectivity index (χ1) is 14.9. The van der Waals surface area contributed by atoms with Gasteiger partial charge in [0.15, 0.2) is 5.13 Å². The summed E-state index contributed by atoms with van der Waals surface area (Å²) in [5.74, 6) is -0.298. The van der Waals surface area contributed by atoms with E-state index in [2.05, 4.69) is 20.9 Å². The quantitative estimate of drug-likeness (QED) is 0.437. The molecule has 1 atom stereocenters. The third-order valence-corrected chi connectivity index (χ3v) is 5.53. The zero-order valence-electron chi connectivity index (χ0n) is 17.4. The molecule has 6 nitrogen and oxygen atoms in total. The highest BCUT2D eigenvalue weighted by molar-refractivity contribution is 7.14. The normalized spacial score (nSPS) is 11.7. The number of rotatable bonds is 9. The van der Waals surface area contributed by atoms with Gasteiger partial charge in [-0.2, -0.15) is 0 Å². The molecule has 1 heterocycles. The van der Waals surface area contributed by atoms with Crippen molar-refractivity contribution in [1.82, 2.24) is 15.6 Å². The highest BCUT2D eigenvalue weighted by Crippen LogP contribution is 2.26. The molecule has 8 heteroatoms. The van der Waals surface area contributed by atoms with Gasteiger partial charge in [-0.1, -0.05) is 67.9 Å². The highest BCUT2D eigenvalue weighted by Gasteiger charge is 2.23. The van der Waals surface area contributed by atoms with Crippen LogP contribution in [0.5, 0.6) is 0 Å². The van der Waals surface area contributed by atoms with E-state index in [1.807, 2.05) is 62.4 Å². The molecule has 3 N–H and O–H groups in total. The number of aromatic nitrogens is 1. The Balaban J connectivity index is 1.70. The van der Waals surface area contributed by atoms with Gasteiger partial charge in [-0.25, -0.2) is 4.98 Å². The lowest BCUT2D eigenvalue weighted by Gasteiger charge is -2.19. The Bertz CT molecular complexity index is 1020. The van der Waals surface area contributed by atoms with E-state index in [0.29, 0.717) is 34.7 Å². The fraction of sp³-hybridized carbons (Fsp3) is 0.261. The maximum absolute atomic E-state index is 12.8. The van der Waals surface area contributed by atoms with E-state index in [-0.39, 0.29) is 11.6 Å². The van der Waals surface area contributed by atoms with Crippen LogP contribution < -0.4 is 16.0 Å². The fourth-order valence-electron chi connectivity index (χ4n) is 2.83. The molecule has 2 aromatic carbocycles. The average Bonchev–Trinajstić information content (AvgIpc) is 3.22. The number of carbonyl (C=O) groups excluding carboxylic acids is 2. The number of anilines is 2. The third-order valence-electron chi connectivity index (χ3n) is 4.44. The van der Waals surface area contributed by atoms with Crippen molar-refractivity contribution < 1.29 is 9.59 Å². The molecule has 0 aliphatic rings. The van der Waals surface area contributed by atoms with Crippen LogP contribution in [0.2, 0.25) is 5.02 Å². The first-order valence-corrected chi connectivity index (χ1v) is 11.3. The Morgan fingerprint density at radius 1 is 1.06 bits per heavy atom. The number of hydrogen-bond acceptors (Lipinski definition) is 5. The number of nitrogens with zero attached hydrogens (tertiary/aromatic N) is 1. The Labute approximate surface area is 191 Å². The zero-order valence-corrected chi connectivity index (χ0v) is 19.0. The van der Waals surface area contributed by atoms with Gasteiger partial charge in [-0.05, 0) is 23.6 Å². The molecule has 0 bridgehead atoms. The van der Waals surface area contributed by atoms with Crippen LogP contribution in [0.1, 0.15) is 29.9 Å². The molecule has 31 heavy (non-hydrogen) atoms. The van der Waals surface area contributed by atoms with Gasteiger partial charge in [0.25, 0.3) is 5.91 Å². The van der Waals surface area contributed by atoms with Crippen molar-refractivity contribution in [3.8, 4) is 0 Å². The SMILES string of the molecule is CC(C)CNC(=O)C(Cc1ccccc1)NC(=O)c1csc(Nc2ccccc2Cl)n1. The molecule has 3 rings (SSSR count). The van der Waals surface area contributed by atoms with Gasteiger partial charge in [0.2, 0.25) is 5.91 Å². The average molecular weight is 457 g/mol. The molecule has 0 aliphatic carbocycles. The number of para-hydroxylation sites is 1. The minimum absolute atomic E-state index is 0.212. The standard InChI is InChI=1S/C23H25ClN4O2S/c1-15(2)13-25-21(29)19(12-16-8-4-3-5-9-16)26-22(30)20-14-31-23(28-20)27-18-11-7-6-10-17(18)24/h3-11,14-15,19H,12-13H2,1-2H3,(H,25,29)(H,26,30)(H,27,28). The molecule has 1 aromatic heterocycles. The number of amides is 2. The Hall–Kier alpha value is -2.90. The van der Waals surface area contributed by atoms with Crippen molar-refractivity contribution in [3.05, 3.63) is 76.3 Å². The first kappa shape index (κ1) is 22.8. The lowest BCUT2D eigenvalue weighted by molar-refractivity contribution is -0.123. The first-order valence-electron chi connectivity index (χ1n) is 10.0. The fourth-order valence-corrected chi connectivity index (χ4v) is 3.72. The summed E-state index contributed by atoms with van der Waals surface area (Å²) in [7, 11) is 0. The number of benzene rings is 2. The summed E-state index contributed by atoms with van der Waals surface area (Å²) in [5, 5.41) is 11.6. The van der Waals surface area contributed by atoms with Gasteiger partial charge in [0, 0.05) is 18.3 Å². The van der Waals surface area contributed by atoms with Crippen LogP contribution in [0, 0.1) is 5.92 Å². The van der Waals surface area contributed by atoms with Crippen molar-refractivity contribution in [2.75, 3.05) is 11.9 Å². The summed E-state index contributed by atoms with van der Waals surface area (Å²) < 4.78 is 0. The second-order valence-electron chi connectivity index (χ2n) is 7.50. The van der Waals surface area contributed by atoms with Gasteiger partial charge in [-0.15, -0.1) is 11.3 Å². The van der Waals surface area contributed by atoms with Crippen LogP contribution >= 0.6 is 22.9 Å². The summed E-state index contributed by atoms with van der Waals surface area (Å²) >= 11 is 7.46. The number of nitrogens with one attached hydrogen (secondary N) is 3. The van der Waals surface area contributed by atoms with Crippen LogP contribution in [0.4, 0.5) is 10.8 Å². The number of hydrogen-bond donors (Lipinski definition) is 3. The second-order valence-corrected chi connectivity index (χ2v) is 8.76. The molecule has 2 amide bonds. The smallest absolute Gasteiger partial charge is 0.271 e. The monoisotopic (exact) mass is 456 g/mol. The maximum Gasteiger partial charge on any atom is 0.271 e. The number of halogens is 1. The molecule has 3 aromatic rings. The van der Waals surface area contributed by atoms with Crippen LogP contribution in [-0.4, -0.2) is 29.4 Å². The summed E-state index contributed by atoms with van der Waals surface area (Å²) in [6, 6.07) is 16.2. The van der Waals surface area contributed by atoms with Gasteiger partial charge in [-0.3, -0.25) is 9.59 Å². The maximum atomic E-state index is 12.8. The molecular weight excluding hydrogens is 432 g/mol. The Morgan fingerprint density at radius 3 is 2.48 bits per heavy atom. The van der Waals surface area contributed by atoms with E-state index in [0.717, 1.165) is 5.56 Å². The highest BCUT2D eigenvalue weighted by atomic mass is 35.5. The van der Waals surface area contributed by atoms with Crippen LogP contribution in [-0.2, 0) is 11.2 Å². The summed E-state index contributed by atoms with van der Waals surface area (Å²) in [6.45, 7) is 4.59. The van der Waals surface area contributed by atoms with Crippen LogP contribution in [0.15, 0.2) is 60.0 Å². The molecule has 0 fully saturated rings. The minimum Gasteiger partial charge on any atom is -0.354 e. The van der Waals surface area contributed by atoms with Gasteiger partial charge in [0.05, 0.1) is 10.7 Å². The van der Waals surface area contributed by atoms with Crippen molar-refractivity contribution in [2.24, 2.45) is 5.92 Å². The molecule has 0 saturated heterocycles. The molecule has 0 saturated carbocycles. The van der Waals surface area contributed by atoms with Crippen molar-refractivity contribution >= 4 is 45.6 Å². The Kier molecular flexibility index (Phi) is 8.03.